The molecule has 0 aromatic rings. The number of hydrogen-bond donors (Lipinski definition) is 2. The first-order valence-corrected chi connectivity index (χ1v) is 10.1. The standard InChI is InChI=1S/C20H42O2/c1-3-5-7-9-10-11-12-13-15-17-20(22)18-19(21)16-14-8-6-4-2/h19-22H,3-18H2,1-2H3. The van der Waals surface area contributed by atoms with Gasteiger partial charge in [0, 0.05) is 0 Å². The van der Waals surface area contributed by atoms with Crippen molar-refractivity contribution >= 4 is 0 Å². The maximum Gasteiger partial charge on any atom is 0.0564 e. The van der Waals surface area contributed by atoms with Gasteiger partial charge in [-0.3, -0.25) is 0 Å². The number of hydrogen-bond acceptors (Lipinski definition) is 2. The van der Waals surface area contributed by atoms with Gasteiger partial charge in [-0.15, -0.1) is 0 Å². The van der Waals surface area contributed by atoms with Crippen LogP contribution in [0, 0.1) is 0 Å². The molecule has 2 N–H and O–H groups in total. The molecule has 0 aliphatic rings. The zero-order valence-electron chi connectivity index (χ0n) is 15.4. The lowest BCUT2D eigenvalue weighted by atomic mass is 10.00. The van der Waals surface area contributed by atoms with Crippen molar-refractivity contribution in [2.24, 2.45) is 0 Å². The lowest BCUT2D eigenvalue weighted by molar-refractivity contribution is 0.0680. The summed E-state index contributed by atoms with van der Waals surface area (Å²) in [5.41, 5.74) is 0. The van der Waals surface area contributed by atoms with Crippen LogP contribution in [0.2, 0.25) is 0 Å². The molecule has 2 atom stereocenters. The van der Waals surface area contributed by atoms with E-state index in [-0.39, 0.29) is 12.2 Å². The summed E-state index contributed by atoms with van der Waals surface area (Å²) in [5.74, 6) is 0. The highest BCUT2D eigenvalue weighted by molar-refractivity contribution is 4.64. The van der Waals surface area contributed by atoms with Crippen LogP contribution in [0.25, 0.3) is 0 Å². The van der Waals surface area contributed by atoms with E-state index in [1.165, 1.54) is 70.6 Å². The Morgan fingerprint density at radius 2 is 0.818 bits per heavy atom. The molecule has 0 heterocycles. The third-order valence-electron chi connectivity index (χ3n) is 4.58. The SMILES string of the molecule is CCCCCCCCCCCC(O)CC(O)CCCCCC. The van der Waals surface area contributed by atoms with Crippen LogP contribution in [0.15, 0.2) is 0 Å². The Bertz CT molecular complexity index is 206. The largest absolute Gasteiger partial charge is 0.393 e. The smallest absolute Gasteiger partial charge is 0.0564 e. The van der Waals surface area contributed by atoms with E-state index in [2.05, 4.69) is 13.8 Å². The van der Waals surface area contributed by atoms with Crippen molar-refractivity contribution in [2.45, 2.75) is 129 Å². The molecule has 0 aromatic carbocycles. The Kier molecular flexibility index (Phi) is 17.2. The third kappa shape index (κ3) is 16.3. The van der Waals surface area contributed by atoms with Crippen LogP contribution in [0.3, 0.4) is 0 Å². The van der Waals surface area contributed by atoms with Crippen LogP contribution in [-0.2, 0) is 0 Å². The molecule has 2 nitrogen and oxygen atoms in total. The average Bonchev–Trinajstić information content (AvgIpc) is 2.50. The van der Waals surface area contributed by atoms with Gasteiger partial charge in [0.15, 0.2) is 0 Å². The Morgan fingerprint density at radius 1 is 0.500 bits per heavy atom. The predicted molar refractivity (Wildman–Crippen MR) is 97.2 cm³/mol. The van der Waals surface area contributed by atoms with E-state index >= 15 is 0 Å². The molecule has 0 rings (SSSR count). The molecule has 0 bridgehead atoms. The van der Waals surface area contributed by atoms with Gasteiger partial charge < -0.3 is 10.2 Å². The monoisotopic (exact) mass is 314 g/mol. The molecule has 0 spiro atoms. The highest BCUT2D eigenvalue weighted by atomic mass is 16.3. The zero-order chi connectivity index (χ0) is 16.5. The van der Waals surface area contributed by atoms with Gasteiger partial charge in [0.05, 0.1) is 12.2 Å². The Morgan fingerprint density at radius 3 is 1.23 bits per heavy atom. The summed E-state index contributed by atoms with van der Waals surface area (Å²) < 4.78 is 0. The van der Waals surface area contributed by atoms with Crippen molar-refractivity contribution < 1.29 is 10.2 Å². The molecule has 0 aliphatic carbocycles. The van der Waals surface area contributed by atoms with E-state index in [0.717, 1.165) is 25.7 Å². The van der Waals surface area contributed by atoms with E-state index in [9.17, 15) is 10.2 Å². The summed E-state index contributed by atoms with van der Waals surface area (Å²) in [6.07, 6.45) is 18.3. The zero-order valence-corrected chi connectivity index (χ0v) is 15.4. The fourth-order valence-corrected chi connectivity index (χ4v) is 3.05. The van der Waals surface area contributed by atoms with Crippen molar-refractivity contribution in [3.05, 3.63) is 0 Å². The Labute approximate surface area is 139 Å². The van der Waals surface area contributed by atoms with Crippen LogP contribution < -0.4 is 0 Å². The lowest BCUT2D eigenvalue weighted by Gasteiger charge is -2.15. The van der Waals surface area contributed by atoms with E-state index in [0.29, 0.717) is 6.42 Å². The van der Waals surface area contributed by atoms with Crippen LogP contribution in [0.1, 0.15) is 117 Å². The second-order valence-corrected chi connectivity index (χ2v) is 7.01. The molecule has 0 saturated carbocycles. The topological polar surface area (TPSA) is 40.5 Å². The van der Waals surface area contributed by atoms with Gasteiger partial charge >= 0.3 is 0 Å². The summed E-state index contributed by atoms with van der Waals surface area (Å²) in [7, 11) is 0. The first kappa shape index (κ1) is 21.9. The third-order valence-corrected chi connectivity index (χ3v) is 4.58. The number of unbranched alkanes of at least 4 members (excludes halogenated alkanes) is 11. The van der Waals surface area contributed by atoms with E-state index < -0.39 is 0 Å². The van der Waals surface area contributed by atoms with Crippen molar-refractivity contribution in [3.63, 3.8) is 0 Å². The number of rotatable bonds is 17. The molecule has 0 aromatic heterocycles. The van der Waals surface area contributed by atoms with Gasteiger partial charge in [0.2, 0.25) is 0 Å². The van der Waals surface area contributed by atoms with Crippen LogP contribution in [-0.4, -0.2) is 22.4 Å². The molecular weight excluding hydrogens is 272 g/mol. The van der Waals surface area contributed by atoms with E-state index in [1.807, 2.05) is 0 Å². The average molecular weight is 315 g/mol. The molecule has 2 heteroatoms. The molecule has 0 fully saturated rings. The van der Waals surface area contributed by atoms with Gasteiger partial charge in [-0.2, -0.15) is 0 Å². The maximum absolute atomic E-state index is 9.96. The van der Waals surface area contributed by atoms with Gasteiger partial charge in [-0.05, 0) is 19.3 Å². The summed E-state index contributed by atoms with van der Waals surface area (Å²) in [6.45, 7) is 4.46. The quantitative estimate of drug-likeness (QED) is 0.324. The maximum atomic E-state index is 9.96. The van der Waals surface area contributed by atoms with E-state index in [1.54, 1.807) is 0 Å². The first-order valence-electron chi connectivity index (χ1n) is 10.1. The van der Waals surface area contributed by atoms with Gasteiger partial charge in [0.1, 0.15) is 0 Å². The van der Waals surface area contributed by atoms with Crippen LogP contribution in [0.5, 0.6) is 0 Å². The minimum Gasteiger partial charge on any atom is -0.393 e. The van der Waals surface area contributed by atoms with Gasteiger partial charge in [0.25, 0.3) is 0 Å². The lowest BCUT2D eigenvalue weighted by Crippen LogP contribution is -2.17. The fourth-order valence-electron chi connectivity index (χ4n) is 3.05. The molecule has 22 heavy (non-hydrogen) atoms. The number of aliphatic hydroxyl groups is 2. The van der Waals surface area contributed by atoms with Gasteiger partial charge in [-0.1, -0.05) is 97.3 Å². The molecule has 0 saturated heterocycles. The normalized spacial score (nSPS) is 14.2. The summed E-state index contributed by atoms with van der Waals surface area (Å²) in [4.78, 5) is 0. The van der Waals surface area contributed by atoms with Crippen molar-refractivity contribution in [1.82, 2.24) is 0 Å². The molecule has 134 valence electrons. The fraction of sp³-hybridized carbons (Fsp3) is 1.00. The molecule has 2 unspecified atom stereocenters. The predicted octanol–water partition coefficient (Wildman–Crippen LogP) is 5.99. The Hall–Kier alpha value is -0.0800. The van der Waals surface area contributed by atoms with Crippen molar-refractivity contribution in [2.75, 3.05) is 0 Å². The van der Waals surface area contributed by atoms with Gasteiger partial charge in [-0.25, -0.2) is 0 Å². The minimum absolute atomic E-state index is 0.300. The number of aliphatic hydroxyl groups excluding tert-OH is 2. The first-order chi connectivity index (χ1) is 10.7. The van der Waals surface area contributed by atoms with Crippen LogP contribution >= 0.6 is 0 Å². The Balaban J connectivity index is 3.29. The second kappa shape index (κ2) is 17.3. The van der Waals surface area contributed by atoms with Crippen LogP contribution in [0.4, 0.5) is 0 Å². The second-order valence-electron chi connectivity index (χ2n) is 7.01. The molecule has 0 aliphatic heterocycles. The minimum atomic E-state index is -0.301. The summed E-state index contributed by atoms with van der Waals surface area (Å²) >= 11 is 0. The highest BCUT2D eigenvalue weighted by Crippen LogP contribution is 2.15. The molecule has 0 radical (unpaired) electrons. The molecular formula is C20H42O2. The highest BCUT2D eigenvalue weighted by Gasteiger charge is 2.11. The summed E-state index contributed by atoms with van der Waals surface area (Å²) in [5, 5.41) is 19.9. The van der Waals surface area contributed by atoms with Crippen molar-refractivity contribution in [1.29, 1.82) is 0 Å². The molecule has 0 amide bonds. The summed E-state index contributed by atoms with van der Waals surface area (Å²) in [6, 6.07) is 0. The van der Waals surface area contributed by atoms with E-state index in [4.69, 9.17) is 0 Å². The van der Waals surface area contributed by atoms with Crippen molar-refractivity contribution in [3.8, 4) is 0 Å².